The SMILES string of the molecule is CCC1=CCN(C(=O)C(C)(C)O)CC1. The summed E-state index contributed by atoms with van der Waals surface area (Å²) < 4.78 is 0. The molecule has 3 heteroatoms. The number of nitrogens with zero attached hydrogens (tertiary/aromatic N) is 1. The van der Waals surface area contributed by atoms with E-state index in [4.69, 9.17) is 0 Å². The minimum absolute atomic E-state index is 0.177. The Hall–Kier alpha value is -0.830. The molecule has 0 aromatic heterocycles. The van der Waals surface area contributed by atoms with Crippen LogP contribution in [-0.4, -0.2) is 34.6 Å². The van der Waals surface area contributed by atoms with Gasteiger partial charge in [-0.05, 0) is 26.7 Å². The molecule has 0 aliphatic carbocycles. The molecule has 1 amide bonds. The van der Waals surface area contributed by atoms with Crippen molar-refractivity contribution in [2.24, 2.45) is 0 Å². The maximum Gasteiger partial charge on any atom is 0.254 e. The lowest BCUT2D eigenvalue weighted by Crippen LogP contribution is -2.46. The van der Waals surface area contributed by atoms with Gasteiger partial charge in [0.2, 0.25) is 0 Å². The Bertz CT molecular complexity index is 251. The Kier molecular flexibility index (Phi) is 3.32. The third kappa shape index (κ3) is 2.58. The zero-order chi connectivity index (χ0) is 10.8. The quantitative estimate of drug-likeness (QED) is 0.678. The second-order valence-corrected chi connectivity index (χ2v) is 4.28. The van der Waals surface area contributed by atoms with Crippen LogP contribution in [0.5, 0.6) is 0 Å². The first-order valence-electron chi connectivity index (χ1n) is 5.14. The zero-order valence-electron chi connectivity index (χ0n) is 9.21. The van der Waals surface area contributed by atoms with Crippen LogP contribution in [0.2, 0.25) is 0 Å². The van der Waals surface area contributed by atoms with E-state index in [1.165, 1.54) is 19.4 Å². The van der Waals surface area contributed by atoms with Crippen molar-refractivity contribution in [2.75, 3.05) is 13.1 Å². The molecule has 1 N–H and O–H groups in total. The van der Waals surface area contributed by atoms with Gasteiger partial charge in [-0.25, -0.2) is 0 Å². The van der Waals surface area contributed by atoms with E-state index in [0.29, 0.717) is 6.54 Å². The first-order chi connectivity index (χ1) is 6.45. The van der Waals surface area contributed by atoms with Gasteiger partial charge >= 0.3 is 0 Å². The van der Waals surface area contributed by atoms with Gasteiger partial charge in [0, 0.05) is 13.1 Å². The molecule has 80 valence electrons. The summed E-state index contributed by atoms with van der Waals surface area (Å²) in [5.41, 5.74) is 0.169. The standard InChI is InChI=1S/C11H19NO2/c1-4-9-5-7-12(8-6-9)10(13)11(2,3)14/h5,14H,4,6-8H2,1-3H3. The number of amides is 1. The Labute approximate surface area is 85.4 Å². The molecule has 3 nitrogen and oxygen atoms in total. The van der Waals surface area contributed by atoms with E-state index in [1.54, 1.807) is 4.90 Å². The first-order valence-corrected chi connectivity index (χ1v) is 5.14. The Morgan fingerprint density at radius 3 is 2.64 bits per heavy atom. The van der Waals surface area contributed by atoms with Crippen molar-refractivity contribution in [1.29, 1.82) is 0 Å². The van der Waals surface area contributed by atoms with E-state index < -0.39 is 5.60 Å². The molecule has 0 radical (unpaired) electrons. The molecule has 0 atom stereocenters. The summed E-state index contributed by atoms with van der Waals surface area (Å²) >= 11 is 0. The van der Waals surface area contributed by atoms with Crippen molar-refractivity contribution in [2.45, 2.75) is 39.2 Å². The fraction of sp³-hybridized carbons (Fsp3) is 0.727. The van der Waals surface area contributed by atoms with Crippen LogP contribution in [0.4, 0.5) is 0 Å². The van der Waals surface area contributed by atoms with E-state index in [0.717, 1.165) is 19.4 Å². The van der Waals surface area contributed by atoms with Gasteiger partial charge in [0.15, 0.2) is 0 Å². The second kappa shape index (κ2) is 4.13. The van der Waals surface area contributed by atoms with Crippen molar-refractivity contribution in [1.82, 2.24) is 4.90 Å². The van der Waals surface area contributed by atoms with Crippen molar-refractivity contribution in [3.63, 3.8) is 0 Å². The molecular weight excluding hydrogens is 178 g/mol. The van der Waals surface area contributed by atoms with Gasteiger partial charge in [-0.3, -0.25) is 4.79 Å². The second-order valence-electron chi connectivity index (χ2n) is 4.28. The van der Waals surface area contributed by atoms with Crippen molar-refractivity contribution in [3.05, 3.63) is 11.6 Å². The molecular formula is C11H19NO2. The maximum absolute atomic E-state index is 11.7. The highest BCUT2D eigenvalue weighted by molar-refractivity contribution is 5.84. The Morgan fingerprint density at radius 2 is 2.29 bits per heavy atom. The molecule has 1 rings (SSSR count). The lowest BCUT2D eigenvalue weighted by Gasteiger charge is -2.30. The average Bonchev–Trinajstić information content (AvgIpc) is 2.15. The van der Waals surface area contributed by atoms with Crippen LogP contribution >= 0.6 is 0 Å². The number of aliphatic hydroxyl groups is 1. The highest BCUT2D eigenvalue weighted by atomic mass is 16.3. The monoisotopic (exact) mass is 197 g/mol. The molecule has 0 bridgehead atoms. The predicted molar refractivity (Wildman–Crippen MR) is 55.9 cm³/mol. The average molecular weight is 197 g/mol. The van der Waals surface area contributed by atoms with Gasteiger partial charge in [-0.2, -0.15) is 0 Å². The molecule has 0 aromatic rings. The molecule has 0 fully saturated rings. The van der Waals surface area contributed by atoms with Crippen LogP contribution < -0.4 is 0 Å². The minimum Gasteiger partial charge on any atom is -0.381 e. The van der Waals surface area contributed by atoms with Gasteiger partial charge in [-0.15, -0.1) is 0 Å². The van der Waals surface area contributed by atoms with Gasteiger partial charge < -0.3 is 10.0 Å². The molecule has 1 aliphatic rings. The Morgan fingerprint density at radius 1 is 1.64 bits per heavy atom. The summed E-state index contributed by atoms with van der Waals surface area (Å²) in [5, 5.41) is 9.55. The fourth-order valence-electron chi connectivity index (χ4n) is 1.60. The van der Waals surface area contributed by atoms with Crippen LogP contribution in [0.1, 0.15) is 33.6 Å². The number of hydrogen-bond donors (Lipinski definition) is 1. The topological polar surface area (TPSA) is 40.5 Å². The van der Waals surface area contributed by atoms with Gasteiger partial charge in [0.05, 0.1) is 0 Å². The van der Waals surface area contributed by atoms with E-state index in [9.17, 15) is 9.90 Å². The highest BCUT2D eigenvalue weighted by Crippen LogP contribution is 2.16. The van der Waals surface area contributed by atoms with Gasteiger partial charge in [0.25, 0.3) is 5.91 Å². The number of carbonyl (C=O) groups excluding carboxylic acids is 1. The van der Waals surface area contributed by atoms with E-state index in [-0.39, 0.29) is 5.91 Å². The lowest BCUT2D eigenvalue weighted by atomic mass is 10.0. The summed E-state index contributed by atoms with van der Waals surface area (Å²) in [6.45, 7) is 6.58. The number of hydrogen-bond acceptors (Lipinski definition) is 2. The van der Waals surface area contributed by atoms with Crippen molar-refractivity contribution < 1.29 is 9.90 Å². The zero-order valence-corrected chi connectivity index (χ0v) is 9.21. The summed E-state index contributed by atoms with van der Waals surface area (Å²) in [4.78, 5) is 13.4. The highest BCUT2D eigenvalue weighted by Gasteiger charge is 2.29. The summed E-state index contributed by atoms with van der Waals surface area (Å²) in [6, 6.07) is 0. The summed E-state index contributed by atoms with van der Waals surface area (Å²) in [7, 11) is 0. The normalized spacial score (nSPS) is 18.0. The summed E-state index contributed by atoms with van der Waals surface area (Å²) in [5.74, 6) is -0.177. The first kappa shape index (κ1) is 11.2. The van der Waals surface area contributed by atoms with Gasteiger partial charge in [0.1, 0.15) is 5.60 Å². The molecule has 0 aromatic carbocycles. The van der Waals surface area contributed by atoms with E-state index in [1.807, 2.05) is 0 Å². The third-order valence-corrected chi connectivity index (χ3v) is 2.57. The molecule has 0 saturated heterocycles. The molecule has 1 aliphatic heterocycles. The molecule has 0 spiro atoms. The van der Waals surface area contributed by atoms with Gasteiger partial charge in [-0.1, -0.05) is 18.6 Å². The molecule has 1 heterocycles. The minimum atomic E-state index is -1.24. The molecule has 0 unspecified atom stereocenters. The molecule has 0 saturated carbocycles. The third-order valence-electron chi connectivity index (χ3n) is 2.57. The maximum atomic E-state index is 11.7. The largest absolute Gasteiger partial charge is 0.381 e. The predicted octanol–water partition coefficient (Wildman–Crippen LogP) is 1.33. The summed E-state index contributed by atoms with van der Waals surface area (Å²) in [6.07, 6.45) is 4.09. The Balaban J connectivity index is 2.59. The lowest BCUT2D eigenvalue weighted by molar-refractivity contribution is -0.147. The van der Waals surface area contributed by atoms with Crippen LogP contribution in [0.15, 0.2) is 11.6 Å². The smallest absolute Gasteiger partial charge is 0.254 e. The molecule has 14 heavy (non-hydrogen) atoms. The van der Waals surface area contributed by atoms with Crippen LogP contribution in [0.3, 0.4) is 0 Å². The van der Waals surface area contributed by atoms with Crippen molar-refractivity contribution >= 4 is 5.91 Å². The number of carbonyl (C=O) groups is 1. The number of rotatable bonds is 2. The van der Waals surface area contributed by atoms with Crippen LogP contribution in [0, 0.1) is 0 Å². The van der Waals surface area contributed by atoms with Crippen LogP contribution in [0.25, 0.3) is 0 Å². The van der Waals surface area contributed by atoms with Crippen LogP contribution in [-0.2, 0) is 4.79 Å². The van der Waals surface area contributed by atoms with Crippen molar-refractivity contribution in [3.8, 4) is 0 Å². The fourth-order valence-corrected chi connectivity index (χ4v) is 1.60. The van der Waals surface area contributed by atoms with E-state index in [2.05, 4.69) is 13.0 Å². The van der Waals surface area contributed by atoms with E-state index >= 15 is 0 Å².